The molecule has 1 aliphatic rings. The molecule has 18 heavy (non-hydrogen) atoms. The number of nitrogens with two attached hydrogens (primary N) is 1. The minimum atomic E-state index is -3.21. The molecular weight excluding hydrogens is 248 g/mol. The molecule has 2 rings (SSSR count). The number of benzene rings is 1. The Bertz CT molecular complexity index is 513. The van der Waals surface area contributed by atoms with E-state index in [2.05, 4.69) is 5.32 Å². The molecule has 2 atom stereocenters. The molecule has 1 saturated carbocycles. The Kier molecular flexibility index (Phi) is 3.92. The highest BCUT2D eigenvalue weighted by Gasteiger charge is 2.23. The summed E-state index contributed by atoms with van der Waals surface area (Å²) in [6, 6.07) is 7.28. The Labute approximate surface area is 108 Å². The number of hydrogen-bond donors (Lipinski definition) is 2. The third-order valence-electron chi connectivity index (χ3n) is 3.45. The molecule has 0 aliphatic heterocycles. The van der Waals surface area contributed by atoms with Crippen LogP contribution in [0.4, 0.5) is 5.69 Å². The van der Waals surface area contributed by atoms with Crippen molar-refractivity contribution in [3.63, 3.8) is 0 Å². The summed E-state index contributed by atoms with van der Waals surface area (Å²) in [5.74, 6) is 0. The molecule has 0 radical (unpaired) electrons. The van der Waals surface area contributed by atoms with Crippen LogP contribution in [0.25, 0.3) is 0 Å². The molecule has 5 heteroatoms. The van der Waals surface area contributed by atoms with E-state index in [9.17, 15) is 8.42 Å². The van der Waals surface area contributed by atoms with E-state index in [1.54, 1.807) is 18.2 Å². The van der Waals surface area contributed by atoms with E-state index in [1.807, 2.05) is 6.07 Å². The molecular formula is C13H20N2O2S. The van der Waals surface area contributed by atoms with E-state index < -0.39 is 9.84 Å². The van der Waals surface area contributed by atoms with Gasteiger partial charge in [-0.05, 0) is 25.0 Å². The standard InChI is InChI=1S/C13H20N2O2S/c1-18(16,17)13-9-5-4-8-12(13)15-11-7-3-2-6-10(11)14/h4-5,8-11,15H,2-3,6-7,14H2,1H3. The largest absolute Gasteiger partial charge is 0.380 e. The van der Waals surface area contributed by atoms with Gasteiger partial charge in [-0.1, -0.05) is 25.0 Å². The summed E-state index contributed by atoms with van der Waals surface area (Å²) < 4.78 is 23.4. The number of nitrogens with one attached hydrogen (secondary N) is 1. The molecule has 0 aromatic heterocycles. The van der Waals surface area contributed by atoms with E-state index in [0.29, 0.717) is 10.6 Å². The molecule has 1 aromatic carbocycles. The predicted octanol–water partition coefficient (Wildman–Crippen LogP) is 1.77. The average molecular weight is 268 g/mol. The fraction of sp³-hybridized carbons (Fsp3) is 0.538. The lowest BCUT2D eigenvalue weighted by molar-refractivity contribution is 0.403. The number of sulfone groups is 1. The highest BCUT2D eigenvalue weighted by Crippen LogP contribution is 2.25. The molecule has 100 valence electrons. The molecule has 0 saturated heterocycles. The zero-order chi connectivity index (χ0) is 13.2. The molecule has 0 amide bonds. The first-order chi connectivity index (χ1) is 8.48. The van der Waals surface area contributed by atoms with Gasteiger partial charge in [0.2, 0.25) is 0 Å². The third kappa shape index (κ3) is 3.03. The van der Waals surface area contributed by atoms with Gasteiger partial charge in [-0.2, -0.15) is 0 Å². The second-order valence-corrected chi connectivity index (χ2v) is 6.95. The maximum Gasteiger partial charge on any atom is 0.177 e. The topological polar surface area (TPSA) is 72.2 Å². The summed E-state index contributed by atoms with van der Waals surface area (Å²) in [5.41, 5.74) is 6.74. The van der Waals surface area contributed by atoms with Crippen molar-refractivity contribution in [2.75, 3.05) is 11.6 Å². The number of anilines is 1. The number of para-hydroxylation sites is 1. The predicted molar refractivity (Wildman–Crippen MR) is 73.4 cm³/mol. The second kappa shape index (κ2) is 5.28. The SMILES string of the molecule is CS(=O)(=O)c1ccccc1NC1CCCCC1N. The molecule has 1 aliphatic carbocycles. The van der Waals surface area contributed by atoms with Crippen molar-refractivity contribution in [1.29, 1.82) is 0 Å². The van der Waals surface area contributed by atoms with Crippen LogP contribution in [0.2, 0.25) is 0 Å². The van der Waals surface area contributed by atoms with Gasteiger partial charge >= 0.3 is 0 Å². The van der Waals surface area contributed by atoms with Crippen LogP contribution in [0.5, 0.6) is 0 Å². The van der Waals surface area contributed by atoms with Gasteiger partial charge in [0, 0.05) is 18.3 Å². The Morgan fingerprint density at radius 2 is 1.89 bits per heavy atom. The molecule has 3 N–H and O–H groups in total. The molecule has 1 aromatic rings. The zero-order valence-electron chi connectivity index (χ0n) is 10.6. The summed E-state index contributed by atoms with van der Waals surface area (Å²) in [6.45, 7) is 0. The summed E-state index contributed by atoms with van der Waals surface area (Å²) in [6.07, 6.45) is 5.53. The van der Waals surface area contributed by atoms with Crippen LogP contribution in [-0.2, 0) is 9.84 Å². The van der Waals surface area contributed by atoms with Gasteiger partial charge in [0.15, 0.2) is 9.84 Å². The van der Waals surface area contributed by atoms with Gasteiger partial charge in [-0.15, -0.1) is 0 Å². The van der Waals surface area contributed by atoms with E-state index in [-0.39, 0.29) is 12.1 Å². The van der Waals surface area contributed by atoms with Gasteiger partial charge in [-0.3, -0.25) is 0 Å². The van der Waals surface area contributed by atoms with Gasteiger partial charge in [0.25, 0.3) is 0 Å². The highest BCUT2D eigenvalue weighted by molar-refractivity contribution is 7.90. The van der Waals surface area contributed by atoms with Crippen LogP contribution in [0.3, 0.4) is 0 Å². The average Bonchev–Trinajstić information content (AvgIpc) is 2.31. The second-order valence-electron chi connectivity index (χ2n) is 4.97. The fourth-order valence-corrected chi connectivity index (χ4v) is 3.30. The lowest BCUT2D eigenvalue weighted by Crippen LogP contribution is -2.42. The van der Waals surface area contributed by atoms with Crippen LogP contribution >= 0.6 is 0 Å². The lowest BCUT2D eigenvalue weighted by Gasteiger charge is -2.30. The molecule has 0 spiro atoms. The lowest BCUT2D eigenvalue weighted by atomic mass is 9.91. The summed E-state index contributed by atoms with van der Waals surface area (Å²) in [4.78, 5) is 0.350. The Morgan fingerprint density at radius 3 is 2.56 bits per heavy atom. The van der Waals surface area contributed by atoms with E-state index >= 15 is 0 Å². The summed E-state index contributed by atoms with van der Waals surface area (Å²) in [7, 11) is -3.21. The van der Waals surface area contributed by atoms with Crippen molar-refractivity contribution in [2.24, 2.45) is 5.73 Å². The smallest absolute Gasteiger partial charge is 0.177 e. The van der Waals surface area contributed by atoms with Crippen LogP contribution in [0.15, 0.2) is 29.2 Å². The summed E-state index contributed by atoms with van der Waals surface area (Å²) in [5, 5.41) is 3.30. The molecule has 4 nitrogen and oxygen atoms in total. The van der Waals surface area contributed by atoms with E-state index in [1.165, 1.54) is 6.26 Å². The van der Waals surface area contributed by atoms with Crippen LogP contribution in [0.1, 0.15) is 25.7 Å². The molecule has 1 fully saturated rings. The fourth-order valence-electron chi connectivity index (χ4n) is 2.45. The van der Waals surface area contributed by atoms with Gasteiger partial charge in [-0.25, -0.2) is 8.42 Å². The minimum Gasteiger partial charge on any atom is -0.380 e. The summed E-state index contributed by atoms with van der Waals surface area (Å²) >= 11 is 0. The van der Waals surface area contributed by atoms with Crippen molar-refractivity contribution in [3.05, 3.63) is 24.3 Å². The Balaban J connectivity index is 2.24. The van der Waals surface area contributed by atoms with Gasteiger partial charge in [0.05, 0.1) is 10.6 Å². The normalized spacial score (nSPS) is 24.8. The number of rotatable bonds is 3. The van der Waals surface area contributed by atoms with Gasteiger partial charge < -0.3 is 11.1 Å². The highest BCUT2D eigenvalue weighted by atomic mass is 32.2. The molecule has 0 bridgehead atoms. The van der Waals surface area contributed by atoms with Crippen LogP contribution in [-0.4, -0.2) is 26.8 Å². The van der Waals surface area contributed by atoms with Gasteiger partial charge in [0.1, 0.15) is 0 Å². The molecule has 2 unspecified atom stereocenters. The third-order valence-corrected chi connectivity index (χ3v) is 4.60. The van der Waals surface area contributed by atoms with Crippen molar-refractivity contribution in [3.8, 4) is 0 Å². The maximum atomic E-state index is 11.7. The first-order valence-corrected chi connectivity index (χ1v) is 8.19. The van der Waals surface area contributed by atoms with Crippen molar-refractivity contribution < 1.29 is 8.42 Å². The van der Waals surface area contributed by atoms with Crippen LogP contribution in [0, 0.1) is 0 Å². The molecule has 0 heterocycles. The Hall–Kier alpha value is -1.07. The van der Waals surface area contributed by atoms with Crippen molar-refractivity contribution in [1.82, 2.24) is 0 Å². The van der Waals surface area contributed by atoms with E-state index in [4.69, 9.17) is 5.73 Å². The minimum absolute atomic E-state index is 0.103. The monoisotopic (exact) mass is 268 g/mol. The first-order valence-electron chi connectivity index (χ1n) is 6.29. The number of hydrogen-bond acceptors (Lipinski definition) is 4. The van der Waals surface area contributed by atoms with Crippen molar-refractivity contribution in [2.45, 2.75) is 42.7 Å². The quantitative estimate of drug-likeness (QED) is 0.876. The van der Waals surface area contributed by atoms with E-state index in [0.717, 1.165) is 25.7 Å². The maximum absolute atomic E-state index is 11.7. The zero-order valence-corrected chi connectivity index (χ0v) is 11.4. The Morgan fingerprint density at radius 1 is 1.22 bits per heavy atom. The first kappa shape index (κ1) is 13.4. The van der Waals surface area contributed by atoms with Crippen molar-refractivity contribution >= 4 is 15.5 Å². The van der Waals surface area contributed by atoms with Crippen LogP contribution < -0.4 is 11.1 Å².